The Balaban J connectivity index is 3.37. The van der Waals surface area contributed by atoms with Crippen LogP contribution in [0.4, 0.5) is 0 Å². The van der Waals surface area contributed by atoms with Gasteiger partial charge in [-0.15, -0.1) is 12.8 Å². The van der Waals surface area contributed by atoms with E-state index < -0.39 is 0 Å². The lowest BCUT2D eigenvalue weighted by Gasteiger charge is -2.02. The van der Waals surface area contributed by atoms with Gasteiger partial charge in [0.1, 0.15) is 0 Å². The zero-order chi connectivity index (χ0) is 8.97. The normalized spacial score (nSPS) is 8.58. The standard InChI is InChI=1S/C12H10/c1-4-10-8-7-9-11(5-2)12(10)6-3/h1,3,7-9H,5H2,2H3. The number of hydrogen-bond acceptors (Lipinski definition) is 0. The maximum atomic E-state index is 5.36. The van der Waals surface area contributed by atoms with Gasteiger partial charge in [0.2, 0.25) is 0 Å². The topological polar surface area (TPSA) is 0 Å². The summed E-state index contributed by atoms with van der Waals surface area (Å²) in [4.78, 5) is 0. The molecule has 1 aromatic carbocycles. The van der Waals surface area contributed by atoms with Crippen molar-refractivity contribution in [2.75, 3.05) is 0 Å². The molecule has 0 saturated carbocycles. The smallest absolute Gasteiger partial charge is 0.0431 e. The van der Waals surface area contributed by atoms with E-state index in [1.807, 2.05) is 18.2 Å². The first-order chi connectivity index (χ1) is 5.83. The van der Waals surface area contributed by atoms with Crippen LogP contribution in [0.1, 0.15) is 23.6 Å². The van der Waals surface area contributed by atoms with Crippen LogP contribution in [0.2, 0.25) is 0 Å². The molecule has 0 radical (unpaired) electrons. The molecule has 1 aromatic rings. The summed E-state index contributed by atoms with van der Waals surface area (Å²) >= 11 is 0. The Bertz CT molecular complexity index is 359. The number of hydrogen-bond donors (Lipinski definition) is 0. The fraction of sp³-hybridized carbons (Fsp3) is 0.167. The van der Waals surface area contributed by atoms with E-state index in [4.69, 9.17) is 12.8 Å². The predicted molar refractivity (Wildman–Crippen MR) is 51.7 cm³/mol. The van der Waals surface area contributed by atoms with Crippen molar-refractivity contribution in [3.63, 3.8) is 0 Å². The average molecular weight is 154 g/mol. The van der Waals surface area contributed by atoms with Crippen LogP contribution in [-0.2, 0) is 6.42 Å². The zero-order valence-electron chi connectivity index (χ0n) is 7.09. The van der Waals surface area contributed by atoms with Gasteiger partial charge in [-0.05, 0) is 18.1 Å². The summed E-state index contributed by atoms with van der Waals surface area (Å²) in [6, 6.07) is 5.82. The second-order valence-electron chi connectivity index (χ2n) is 2.48. The van der Waals surface area contributed by atoms with E-state index >= 15 is 0 Å². The molecule has 0 aliphatic carbocycles. The van der Waals surface area contributed by atoms with Gasteiger partial charge < -0.3 is 0 Å². The molecule has 0 aromatic heterocycles. The van der Waals surface area contributed by atoms with Gasteiger partial charge in [0.25, 0.3) is 0 Å². The minimum Gasteiger partial charge on any atom is -0.115 e. The molecule has 0 aliphatic rings. The molecule has 0 fully saturated rings. The lowest BCUT2D eigenvalue weighted by atomic mass is 10.0. The second-order valence-corrected chi connectivity index (χ2v) is 2.48. The molecule has 0 amide bonds. The zero-order valence-corrected chi connectivity index (χ0v) is 7.09. The maximum Gasteiger partial charge on any atom is 0.0431 e. The molecule has 0 unspecified atom stereocenters. The Kier molecular flexibility index (Phi) is 2.57. The van der Waals surface area contributed by atoms with Crippen molar-refractivity contribution in [2.45, 2.75) is 13.3 Å². The highest BCUT2D eigenvalue weighted by molar-refractivity contribution is 5.52. The first kappa shape index (κ1) is 8.44. The fourth-order valence-electron chi connectivity index (χ4n) is 1.19. The molecule has 0 aliphatic heterocycles. The van der Waals surface area contributed by atoms with E-state index in [0.29, 0.717) is 0 Å². The SMILES string of the molecule is C#Cc1cccc(CC)c1C#C. The van der Waals surface area contributed by atoms with Gasteiger partial charge in [-0.25, -0.2) is 0 Å². The number of rotatable bonds is 1. The Morgan fingerprint density at radius 2 is 2.00 bits per heavy atom. The summed E-state index contributed by atoms with van der Waals surface area (Å²) in [5, 5.41) is 0. The first-order valence-corrected chi connectivity index (χ1v) is 3.88. The van der Waals surface area contributed by atoms with Crippen LogP contribution < -0.4 is 0 Å². The van der Waals surface area contributed by atoms with Gasteiger partial charge in [0.15, 0.2) is 0 Å². The van der Waals surface area contributed by atoms with Gasteiger partial charge in [-0.2, -0.15) is 0 Å². The second kappa shape index (κ2) is 3.65. The Morgan fingerprint density at radius 1 is 1.25 bits per heavy atom. The lowest BCUT2D eigenvalue weighted by Crippen LogP contribution is -1.90. The van der Waals surface area contributed by atoms with Gasteiger partial charge >= 0.3 is 0 Å². The summed E-state index contributed by atoms with van der Waals surface area (Å²) in [5.41, 5.74) is 2.83. The molecule has 12 heavy (non-hydrogen) atoms. The van der Waals surface area contributed by atoms with E-state index in [9.17, 15) is 0 Å². The van der Waals surface area contributed by atoms with Crippen LogP contribution in [0, 0.1) is 24.7 Å². The van der Waals surface area contributed by atoms with Crippen LogP contribution in [0.15, 0.2) is 18.2 Å². The monoisotopic (exact) mass is 154 g/mol. The first-order valence-electron chi connectivity index (χ1n) is 3.88. The van der Waals surface area contributed by atoms with Gasteiger partial charge in [0.05, 0.1) is 0 Å². The van der Waals surface area contributed by atoms with E-state index in [2.05, 4.69) is 18.8 Å². The van der Waals surface area contributed by atoms with Gasteiger partial charge in [0, 0.05) is 11.1 Å². The summed E-state index contributed by atoms with van der Waals surface area (Å²) in [6.07, 6.45) is 11.6. The van der Waals surface area contributed by atoms with Crippen LogP contribution in [0.5, 0.6) is 0 Å². The molecular weight excluding hydrogens is 144 g/mol. The van der Waals surface area contributed by atoms with Crippen molar-refractivity contribution in [3.05, 3.63) is 34.9 Å². The minimum absolute atomic E-state index is 0.817. The Labute approximate surface area is 73.6 Å². The maximum absolute atomic E-state index is 5.36. The van der Waals surface area contributed by atoms with Gasteiger partial charge in [-0.3, -0.25) is 0 Å². The quantitative estimate of drug-likeness (QED) is 0.544. The highest BCUT2D eigenvalue weighted by Crippen LogP contribution is 2.13. The van der Waals surface area contributed by atoms with E-state index in [1.54, 1.807) is 0 Å². The summed E-state index contributed by atoms with van der Waals surface area (Å²) in [7, 11) is 0. The Hall–Kier alpha value is -1.66. The highest BCUT2D eigenvalue weighted by Gasteiger charge is 2.00. The van der Waals surface area contributed by atoms with Crippen molar-refractivity contribution in [1.29, 1.82) is 0 Å². The number of aryl methyl sites for hydroxylation is 1. The molecule has 0 spiro atoms. The number of benzene rings is 1. The molecule has 0 heteroatoms. The van der Waals surface area contributed by atoms with Crippen molar-refractivity contribution in [3.8, 4) is 24.7 Å². The number of terminal acetylenes is 2. The third-order valence-electron chi connectivity index (χ3n) is 1.83. The molecule has 0 nitrogen and oxygen atoms in total. The summed E-state index contributed by atoms with van der Waals surface area (Å²) in [5.74, 6) is 5.20. The lowest BCUT2D eigenvalue weighted by molar-refractivity contribution is 1.13. The summed E-state index contributed by atoms with van der Waals surface area (Å²) in [6.45, 7) is 2.07. The average Bonchev–Trinajstić information content (AvgIpc) is 2.16. The Morgan fingerprint density at radius 3 is 2.50 bits per heavy atom. The highest BCUT2D eigenvalue weighted by atomic mass is 14.0. The van der Waals surface area contributed by atoms with Crippen LogP contribution in [0.3, 0.4) is 0 Å². The predicted octanol–water partition coefficient (Wildman–Crippen LogP) is 2.21. The van der Waals surface area contributed by atoms with Crippen LogP contribution >= 0.6 is 0 Å². The van der Waals surface area contributed by atoms with Crippen LogP contribution in [0.25, 0.3) is 0 Å². The molecule has 0 atom stereocenters. The molecule has 0 heterocycles. The molecule has 0 saturated heterocycles. The third-order valence-corrected chi connectivity index (χ3v) is 1.83. The third kappa shape index (κ3) is 1.34. The largest absolute Gasteiger partial charge is 0.115 e. The van der Waals surface area contributed by atoms with Gasteiger partial charge in [-0.1, -0.05) is 30.9 Å². The van der Waals surface area contributed by atoms with Crippen LogP contribution in [-0.4, -0.2) is 0 Å². The molecule has 1 rings (SSSR count). The molecular formula is C12H10. The minimum atomic E-state index is 0.817. The molecule has 0 bridgehead atoms. The summed E-state index contributed by atoms with van der Waals surface area (Å²) < 4.78 is 0. The van der Waals surface area contributed by atoms with Crippen molar-refractivity contribution >= 4 is 0 Å². The molecule has 58 valence electrons. The van der Waals surface area contributed by atoms with Crippen molar-refractivity contribution in [2.24, 2.45) is 0 Å². The fourth-order valence-corrected chi connectivity index (χ4v) is 1.19. The van der Waals surface area contributed by atoms with Crippen molar-refractivity contribution in [1.82, 2.24) is 0 Å². The van der Waals surface area contributed by atoms with E-state index in [0.717, 1.165) is 23.1 Å². The van der Waals surface area contributed by atoms with Crippen molar-refractivity contribution < 1.29 is 0 Å². The van der Waals surface area contributed by atoms with E-state index in [-0.39, 0.29) is 0 Å². The molecule has 0 N–H and O–H groups in total. The van der Waals surface area contributed by atoms with E-state index in [1.165, 1.54) is 0 Å².